The second kappa shape index (κ2) is 6.54. The molecule has 1 amide bonds. The molecule has 0 spiro atoms. The Kier molecular flexibility index (Phi) is 4.53. The van der Waals surface area contributed by atoms with Crippen LogP contribution >= 0.6 is 11.3 Å². The zero-order valence-electron chi connectivity index (χ0n) is 10.7. The van der Waals surface area contributed by atoms with Gasteiger partial charge in [-0.3, -0.25) is 4.79 Å². The van der Waals surface area contributed by atoms with Crippen molar-refractivity contribution in [2.75, 3.05) is 11.9 Å². The smallest absolute Gasteiger partial charge is 0.338 e. The monoisotopic (exact) mass is 302 g/mol. The molecule has 0 bridgehead atoms. The van der Waals surface area contributed by atoms with Gasteiger partial charge in [0.25, 0.3) is 5.91 Å². The molecule has 0 aliphatic heterocycles. The molecule has 0 atom stereocenters. The molecule has 7 heteroatoms. The standard InChI is InChI=1S/C14H10N2O4S/c15-7-9-1-3-10(4-2-9)20-8-12(17)16-13-11(14(18)19)5-6-21-13/h1-6H,8H2,(H,16,17)(H,18,19). The fraction of sp³-hybridized carbons (Fsp3) is 0.0714. The van der Waals surface area contributed by atoms with Crippen LogP contribution in [0.2, 0.25) is 0 Å². The lowest BCUT2D eigenvalue weighted by Gasteiger charge is -2.07. The summed E-state index contributed by atoms with van der Waals surface area (Å²) in [5.74, 6) is -1.10. The number of hydrogen-bond acceptors (Lipinski definition) is 5. The van der Waals surface area contributed by atoms with Gasteiger partial charge >= 0.3 is 5.97 Å². The topological polar surface area (TPSA) is 99.4 Å². The minimum Gasteiger partial charge on any atom is -0.484 e. The number of carbonyl (C=O) groups excluding carboxylic acids is 1. The third-order valence-electron chi connectivity index (χ3n) is 2.50. The van der Waals surface area contributed by atoms with Crippen LogP contribution in [0.4, 0.5) is 5.00 Å². The van der Waals surface area contributed by atoms with Crippen molar-refractivity contribution in [3.8, 4) is 11.8 Å². The quantitative estimate of drug-likeness (QED) is 0.883. The molecule has 0 saturated carbocycles. The number of nitrogens with one attached hydrogen (secondary N) is 1. The van der Waals surface area contributed by atoms with E-state index in [9.17, 15) is 9.59 Å². The predicted octanol–water partition coefficient (Wildman–Crippen LogP) is 2.34. The van der Waals surface area contributed by atoms with E-state index < -0.39 is 11.9 Å². The number of rotatable bonds is 5. The Bertz CT molecular complexity index is 701. The molecular formula is C14H10N2O4S. The van der Waals surface area contributed by atoms with E-state index in [0.717, 1.165) is 11.3 Å². The number of aromatic carboxylic acids is 1. The van der Waals surface area contributed by atoms with Crippen LogP contribution in [0, 0.1) is 11.3 Å². The van der Waals surface area contributed by atoms with E-state index in [-0.39, 0.29) is 17.2 Å². The minimum absolute atomic E-state index is 0.0479. The summed E-state index contributed by atoms with van der Waals surface area (Å²) in [5, 5.41) is 21.9. The number of anilines is 1. The number of amides is 1. The van der Waals surface area contributed by atoms with Crippen LogP contribution in [-0.4, -0.2) is 23.6 Å². The Balaban J connectivity index is 1.91. The summed E-state index contributed by atoms with van der Waals surface area (Å²) < 4.78 is 5.25. The maximum absolute atomic E-state index is 11.7. The van der Waals surface area contributed by atoms with Gasteiger partial charge in [-0.1, -0.05) is 0 Å². The van der Waals surface area contributed by atoms with Gasteiger partial charge in [-0.05, 0) is 35.7 Å². The number of nitrogens with zero attached hydrogens (tertiary/aromatic N) is 1. The maximum atomic E-state index is 11.7. The molecule has 1 aromatic carbocycles. The van der Waals surface area contributed by atoms with E-state index in [1.807, 2.05) is 6.07 Å². The normalized spacial score (nSPS) is 9.67. The van der Waals surface area contributed by atoms with Gasteiger partial charge < -0.3 is 15.2 Å². The molecule has 0 radical (unpaired) electrons. The Morgan fingerprint density at radius 3 is 2.62 bits per heavy atom. The van der Waals surface area contributed by atoms with Gasteiger partial charge in [0.2, 0.25) is 0 Å². The van der Waals surface area contributed by atoms with Crippen LogP contribution in [0.5, 0.6) is 5.75 Å². The minimum atomic E-state index is -1.10. The molecule has 1 aromatic heterocycles. The SMILES string of the molecule is N#Cc1ccc(OCC(=O)Nc2sccc2C(=O)O)cc1. The molecule has 0 aliphatic rings. The highest BCUT2D eigenvalue weighted by Crippen LogP contribution is 2.23. The lowest BCUT2D eigenvalue weighted by Crippen LogP contribution is -2.20. The van der Waals surface area contributed by atoms with Crippen LogP contribution in [0.25, 0.3) is 0 Å². The van der Waals surface area contributed by atoms with Crippen molar-refractivity contribution in [2.24, 2.45) is 0 Å². The van der Waals surface area contributed by atoms with E-state index in [2.05, 4.69) is 5.32 Å². The van der Waals surface area contributed by atoms with Crippen LogP contribution in [0.3, 0.4) is 0 Å². The van der Waals surface area contributed by atoms with Gasteiger partial charge in [0.15, 0.2) is 6.61 Å². The molecule has 21 heavy (non-hydrogen) atoms. The van der Waals surface area contributed by atoms with Crippen LogP contribution < -0.4 is 10.1 Å². The third-order valence-corrected chi connectivity index (χ3v) is 3.33. The number of ether oxygens (including phenoxy) is 1. The van der Waals surface area contributed by atoms with E-state index in [1.54, 1.807) is 29.6 Å². The van der Waals surface area contributed by atoms with E-state index in [0.29, 0.717) is 11.3 Å². The van der Waals surface area contributed by atoms with Gasteiger partial charge in [-0.25, -0.2) is 4.79 Å². The van der Waals surface area contributed by atoms with Crippen molar-refractivity contribution >= 4 is 28.2 Å². The molecule has 6 nitrogen and oxygen atoms in total. The van der Waals surface area contributed by atoms with Gasteiger partial charge in [-0.2, -0.15) is 5.26 Å². The summed E-state index contributed by atoms with van der Waals surface area (Å²) in [5.41, 5.74) is 0.545. The zero-order valence-corrected chi connectivity index (χ0v) is 11.5. The number of hydrogen-bond donors (Lipinski definition) is 2. The summed E-state index contributed by atoms with van der Waals surface area (Å²) >= 11 is 1.13. The molecule has 0 saturated heterocycles. The third kappa shape index (κ3) is 3.81. The van der Waals surface area contributed by atoms with Crippen molar-refractivity contribution in [3.05, 3.63) is 46.8 Å². The first-order valence-electron chi connectivity index (χ1n) is 5.84. The molecule has 0 unspecified atom stereocenters. The maximum Gasteiger partial charge on any atom is 0.338 e. The van der Waals surface area contributed by atoms with E-state index >= 15 is 0 Å². The van der Waals surface area contributed by atoms with Crippen molar-refractivity contribution in [1.29, 1.82) is 5.26 Å². The Morgan fingerprint density at radius 1 is 1.29 bits per heavy atom. The number of benzene rings is 1. The fourth-order valence-electron chi connectivity index (χ4n) is 1.51. The number of carbonyl (C=O) groups is 2. The van der Waals surface area contributed by atoms with Crippen molar-refractivity contribution < 1.29 is 19.4 Å². The average Bonchev–Trinajstić information content (AvgIpc) is 2.94. The van der Waals surface area contributed by atoms with Crippen LogP contribution in [0.1, 0.15) is 15.9 Å². The van der Waals surface area contributed by atoms with Gasteiger partial charge in [0, 0.05) is 0 Å². The summed E-state index contributed by atoms with van der Waals surface area (Å²) in [6.45, 7) is -0.247. The van der Waals surface area contributed by atoms with Crippen molar-refractivity contribution in [2.45, 2.75) is 0 Å². The van der Waals surface area contributed by atoms with Gasteiger partial charge in [-0.15, -0.1) is 11.3 Å². The summed E-state index contributed by atoms with van der Waals surface area (Å²) in [6, 6.07) is 9.72. The highest BCUT2D eigenvalue weighted by atomic mass is 32.1. The lowest BCUT2D eigenvalue weighted by atomic mass is 10.2. The molecule has 0 aliphatic carbocycles. The molecular weight excluding hydrogens is 292 g/mol. The highest BCUT2D eigenvalue weighted by Gasteiger charge is 2.14. The summed E-state index contributed by atoms with van der Waals surface area (Å²) in [6.07, 6.45) is 0. The van der Waals surface area contributed by atoms with Crippen molar-refractivity contribution in [1.82, 2.24) is 0 Å². The Hall–Kier alpha value is -2.85. The number of carboxylic acid groups (broad SMARTS) is 1. The Labute approximate surface area is 124 Å². The lowest BCUT2D eigenvalue weighted by molar-refractivity contribution is -0.118. The van der Waals surface area contributed by atoms with Gasteiger partial charge in [0.05, 0.1) is 17.2 Å². The first-order valence-corrected chi connectivity index (χ1v) is 6.71. The summed E-state index contributed by atoms with van der Waals surface area (Å²) in [4.78, 5) is 22.6. The van der Waals surface area contributed by atoms with E-state index in [4.69, 9.17) is 15.1 Å². The molecule has 1 heterocycles. The molecule has 106 valence electrons. The van der Waals surface area contributed by atoms with Crippen molar-refractivity contribution in [3.63, 3.8) is 0 Å². The molecule has 0 fully saturated rings. The fourth-order valence-corrected chi connectivity index (χ4v) is 2.31. The second-order valence-electron chi connectivity index (χ2n) is 3.94. The molecule has 2 rings (SSSR count). The molecule has 2 aromatic rings. The zero-order chi connectivity index (χ0) is 15.2. The number of carboxylic acids is 1. The first kappa shape index (κ1) is 14.6. The number of thiophene rings is 1. The number of nitriles is 1. The van der Waals surface area contributed by atoms with E-state index in [1.165, 1.54) is 6.07 Å². The Morgan fingerprint density at radius 2 is 2.00 bits per heavy atom. The summed E-state index contributed by atoms with van der Waals surface area (Å²) in [7, 11) is 0. The highest BCUT2D eigenvalue weighted by molar-refractivity contribution is 7.14. The second-order valence-corrected chi connectivity index (χ2v) is 4.86. The first-order chi connectivity index (χ1) is 10.1. The van der Waals surface area contributed by atoms with Gasteiger partial charge in [0.1, 0.15) is 10.8 Å². The molecule has 2 N–H and O–H groups in total. The van der Waals surface area contributed by atoms with Crippen LogP contribution in [0.15, 0.2) is 35.7 Å². The van der Waals surface area contributed by atoms with Crippen LogP contribution in [-0.2, 0) is 4.79 Å². The largest absolute Gasteiger partial charge is 0.484 e. The predicted molar refractivity (Wildman–Crippen MR) is 76.6 cm³/mol. The average molecular weight is 302 g/mol.